The molecule has 1 aromatic carbocycles. The predicted molar refractivity (Wildman–Crippen MR) is 75.7 cm³/mol. The van der Waals surface area contributed by atoms with Crippen LogP contribution in [-0.2, 0) is 0 Å². The molecule has 2 aliphatic rings. The monoisotopic (exact) mass is 294 g/mol. The Hall–Kier alpha value is -1.49. The number of carbonyl (C=O) groups excluding carboxylic acids is 1. The molecule has 2 atom stereocenters. The van der Waals surface area contributed by atoms with Crippen molar-refractivity contribution in [2.75, 3.05) is 0 Å². The Labute approximate surface area is 122 Å². The second kappa shape index (κ2) is 5.72. The van der Waals surface area contributed by atoms with E-state index in [1.165, 1.54) is 6.42 Å². The highest BCUT2D eigenvalue weighted by molar-refractivity contribution is 5.94. The summed E-state index contributed by atoms with van der Waals surface area (Å²) in [5, 5.41) is 2.98. The van der Waals surface area contributed by atoms with Gasteiger partial charge in [0, 0.05) is 23.7 Å². The minimum atomic E-state index is -0.731. The Balaban J connectivity index is 1.75. The Morgan fingerprint density at radius 1 is 1.10 bits per heavy atom. The van der Waals surface area contributed by atoms with E-state index in [1.54, 1.807) is 0 Å². The summed E-state index contributed by atoms with van der Waals surface area (Å²) in [6.07, 6.45) is 5.13. The summed E-state index contributed by atoms with van der Waals surface area (Å²) < 4.78 is 26.4. The highest BCUT2D eigenvalue weighted by Gasteiger charge is 2.39. The zero-order valence-corrected chi connectivity index (χ0v) is 11.8. The maximum Gasteiger partial charge on any atom is 0.251 e. The number of hydrogen-bond acceptors (Lipinski definition) is 2. The molecule has 0 saturated heterocycles. The van der Waals surface area contributed by atoms with E-state index in [1.807, 2.05) is 0 Å². The average molecular weight is 294 g/mol. The first kappa shape index (κ1) is 14.4. The van der Waals surface area contributed by atoms with E-state index >= 15 is 0 Å². The zero-order chi connectivity index (χ0) is 15.0. The van der Waals surface area contributed by atoms with Gasteiger partial charge in [-0.25, -0.2) is 8.78 Å². The Kier molecular flexibility index (Phi) is 3.93. The molecule has 0 spiro atoms. The van der Waals surface area contributed by atoms with E-state index < -0.39 is 17.5 Å². The van der Waals surface area contributed by atoms with Gasteiger partial charge < -0.3 is 11.1 Å². The lowest BCUT2D eigenvalue weighted by atomic mass is 9.67. The number of halogens is 2. The molecule has 1 aromatic rings. The fraction of sp³-hybridized carbons (Fsp3) is 0.562. The molecular formula is C16H20F2N2O. The number of carbonyl (C=O) groups is 1. The van der Waals surface area contributed by atoms with Crippen molar-refractivity contribution in [3.63, 3.8) is 0 Å². The zero-order valence-electron chi connectivity index (χ0n) is 11.8. The van der Waals surface area contributed by atoms with E-state index in [0.29, 0.717) is 11.8 Å². The van der Waals surface area contributed by atoms with Crippen molar-refractivity contribution in [1.29, 1.82) is 0 Å². The van der Waals surface area contributed by atoms with Crippen LogP contribution in [-0.4, -0.2) is 18.0 Å². The normalized spacial score (nSPS) is 31.8. The summed E-state index contributed by atoms with van der Waals surface area (Å²) >= 11 is 0. The quantitative estimate of drug-likeness (QED) is 0.881. The van der Waals surface area contributed by atoms with Crippen molar-refractivity contribution in [2.24, 2.45) is 17.6 Å². The summed E-state index contributed by atoms with van der Waals surface area (Å²) in [6.45, 7) is 0. The summed E-state index contributed by atoms with van der Waals surface area (Å²) in [5.74, 6) is -1.09. The second-order valence-corrected chi connectivity index (χ2v) is 6.34. The number of nitrogens with one attached hydrogen (secondary N) is 1. The molecule has 3 N–H and O–H groups in total. The van der Waals surface area contributed by atoms with Crippen LogP contribution in [0.2, 0.25) is 0 Å². The van der Waals surface area contributed by atoms with E-state index in [-0.39, 0.29) is 17.6 Å². The molecule has 2 unspecified atom stereocenters. The molecule has 2 bridgehead atoms. The van der Waals surface area contributed by atoms with Gasteiger partial charge in [-0.1, -0.05) is 6.42 Å². The Morgan fingerprint density at radius 3 is 2.24 bits per heavy atom. The fourth-order valence-corrected chi connectivity index (χ4v) is 3.94. The van der Waals surface area contributed by atoms with Gasteiger partial charge in [0.2, 0.25) is 0 Å². The van der Waals surface area contributed by atoms with Gasteiger partial charge in [-0.3, -0.25) is 4.79 Å². The van der Waals surface area contributed by atoms with Crippen LogP contribution in [0.3, 0.4) is 0 Å². The third kappa shape index (κ3) is 3.07. The smallest absolute Gasteiger partial charge is 0.251 e. The van der Waals surface area contributed by atoms with Crippen LogP contribution in [0.15, 0.2) is 18.2 Å². The average Bonchev–Trinajstić information content (AvgIpc) is 2.38. The van der Waals surface area contributed by atoms with Gasteiger partial charge in [0.15, 0.2) is 0 Å². The van der Waals surface area contributed by atoms with Crippen LogP contribution in [0.1, 0.15) is 42.5 Å². The van der Waals surface area contributed by atoms with E-state index in [9.17, 15) is 13.6 Å². The Morgan fingerprint density at radius 2 is 1.67 bits per heavy atom. The number of benzene rings is 1. The van der Waals surface area contributed by atoms with Crippen LogP contribution < -0.4 is 11.1 Å². The SMILES string of the molecule is NC1CC2CCCC(C1)C2NC(=O)c1cc(F)cc(F)c1. The van der Waals surface area contributed by atoms with Crippen LogP contribution in [0, 0.1) is 23.5 Å². The first-order valence-corrected chi connectivity index (χ1v) is 7.55. The second-order valence-electron chi connectivity index (χ2n) is 6.34. The maximum absolute atomic E-state index is 13.2. The number of hydrogen-bond donors (Lipinski definition) is 2. The number of nitrogens with two attached hydrogens (primary N) is 1. The van der Waals surface area contributed by atoms with Crippen molar-refractivity contribution in [2.45, 2.75) is 44.2 Å². The third-order valence-electron chi connectivity index (χ3n) is 4.80. The highest BCUT2D eigenvalue weighted by Crippen LogP contribution is 2.39. The first-order chi connectivity index (χ1) is 10.0. The fourth-order valence-electron chi connectivity index (χ4n) is 3.94. The van der Waals surface area contributed by atoms with Crippen LogP contribution in [0.25, 0.3) is 0 Å². The number of fused-ring (bicyclic) bond motifs is 2. The molecule has 2 fully saturated rings. The minimum Gasteiger partial charge on any atom is -0.349 e. The van der Waals surface area contributed by atoms with Gasteiger partial charge in [0.05, 0.1) is 0 Å². The van der Waals surface area contributed by atoms with Crippen molar-refractivity contribution < 1.29 is 13.6 Å². The minimum absolute atomic E-state index is 0.0421. The molecule has 0 heterocycles. The van der Waals surface area contributed by atoms with E-state index in [4.69, 9.17) is 5.73 Å². The summed E-state index contributed by atoms with van der Waals surface area (Å²) in [5.41, 5.74) is 6.10. The summed E-state index contributed by atoms with van der Waals surface area (Å²) in [6, 6.07) is 3.20. The molecule has 2 aliphatic carbocycles. The van der Waals surface area contributed by atoms with Gasteiger partial charge >= 0.3 is 0 Å². The lowest BCUT2D eigenvalue weighted by molar-refractivity contribution is 0.0755. The molecule has 0 radical (unpaired) electrons. The molecule has 21 heavy (non-hydrogen) atoms. The molecule has 0 aromatic heterocycles. The molecule has 3 nitrogen and oxygen atoms in total. The molecular weight excluding hydrogens is 274 g/mol. The van der Waals surface area contributed by atoms with Gasteiger partial charge in [0.1, 0.15) is 11.6 Å². The standard InChI is InChI=1S/C16H20F2N2O/c17-12-4-11(5-13(18)8-12)16(21)20-15-9-2-1-3-10(15)7-14(19)6-9/h4-5,8-10,14-15H,1-3,6-7,19H2,(H,20,21). The maximum atomic E-state index is 13.2. The van der Waals surface area contributed by atoms with E-state index in [2.05, 4.69) is 5.32 Å². The van der Waals surface area contributed by atoms with Crippen molar-refractivity contribution >= 4 is 5.91 Å². The van der Waals surface area contributed by atoms with Crippen LogP contribution >= 0.6 is 0 Å². The lowest BCUT2D eigenvalue weighted by Crippen LogP contribution is -2.53. The molecule has 114 valence electrons. The highest BCUT2D eigenvalue weighted by atomic mass is 19.1. The van der Waals surface area contributed by atoms with Crippen LogP contribution in [0.4, 0.5) is 8.78 Å². The van der Waals surface area contributed by atoms with Crippen molar-refractivity contribution in [1.82, 2.24) is 5.32 Å². The number of amides is 1. The van der Waals surface area contributed by atoms with Crippen LogP contribution in [0.5, 0.6) is 0 Å². The molecule has 1 amide bonds. The number of rotatable bonds is 2. The predicted octanol–water partition coefficient (Wildman–Crippen LogP) is 2.60. The summed E-state index contributed by atoms with van der Waals surface area (Å²) in [7, 11) is 0. The largest absolute Gasteiger partial charge is 0.349 e. The van der Waals surface area contributed by atoms with Gasteiger partial charge in [-0.15, -0.1) is 0 Å². The van der Waals surface area contributed by atoms with Gasteiger partial charge in [-0.05, 0) is 49.7 Å². The molecule has 5 heteroatoms. The van der Waals surface area contributed by atoms with Gasteiger partial charge in [-0.2, -0.15) is 0 Å². The van der Waals surface area contributed by atoms with Gasteiger partial charge in [0.25, 0.3) is 5.91 Å². The Bertz CT molecular complexity index is 515. The van der Waals surface area contributed by atoms with Crippen molar-refractivity contribution in [3.8, 4) is 0 Å². The third-order valence-corrected chi connectivity index (χ3v) is 4.80. The topological polar surface area (TPSA) is 55.1 Å². The van der Waals surface area contributed by atoms with Crippen molar-refractivity contribution in [3.05, 3.63) is 35.4 Å². The summed E-state index contributed by atoms with van der Waals surface area (Å²) in [4.78, 5) is 12.3. The molecule has 0 aliphatic heterocycles. The molecule has 3 rings (SSSR count). The lowest BCUT2D eigenvalue weighted by Gasteiger charge is -2.45. The van der Waals surface area contributed by atoms with E-state index in [0.717, 1.165) is 43.9 Å². The first-order valence-electron chi connectivity index (χ1n) is 7.55. The molecule has 2 saturated carbocycles.